The number of hydrogen-bond acceptors (Lipinski definition) is 2. The van der Waals surface area contributed by atoms with Crippen molar-refractivity contribution in [3.05, 3.63) is 0 Å². The number of hydrogen-bond donors (Lipinski definition) is 1. The first kappa shape index (κ1) is 13.0. The number of carbonyl (C=O) groups excluding carboxylic acids is 1. The van der Waals surface area contributed by atoms with Crippen LogP contribution < -0.4 is 0 Å². The minimum Gasteiger partial charge on any atom is -0.481 e. The van der Waals surface area contributed by atoms with Crippen molar-refractivity contribution in [2.45, 2.75) is 34.1 Å². The van der Waals surface area contributed by atoms with E-state index in [0.29, 0.717) is 11.8 Å². The van der Waals surface area contributed by atoms with E-state index < -0.39 is 11.4 Å². The highest BCUT2D eigenvalue weighted by molar-refractivity contribution is 5.84. The van der Waals surface area contributed by atoms with Crippen molar-refractivity contribution in [1.82, 2.24) is 4.90 Å². The Hall–Kier alpha value is -1.06. The summed E-state index contributed by atoms with van der Waals surface area (Å²) in [5.41, 5.74) is -0.966. The molecule has 2 atom stereocenters. The van der Waals surface area contributed by atoms with E-state index in [4.69, 9.17) is 5.11 Å². The molecule has 1 aliphatic rings. The minimum atomic E-state index is -0.966. The van der Waals surface area contributed by atoms with E-state index >= 15 is 0 Å². The molecule has 4 nitrogen and oxygen atoms in total. The highest BCUT2D eigenvalue weighted by atomic mass is 16.4. The average Bonchev–Trinajstić information content (AvgIpc) is 2.46. The van der Waals surface area contributed by atoms with Gasteiger partial charge in [-0.3, -0.25) is 9.59 Å². The zero-order chi connectivity index (χ0) is 12.5. The van der Waals surface area contributed by atoms with Gasteiger partial charge in [-0.15, -0.1) is 0 Å². The van der Waals surface area contributed by atoms with Crippen LogP contribution in [0.15, 0.2) is 0 Å². The summed E-state index contributed by atoms with van der Waals surface area (Å²) in [7, 11) is 0. The molecule has 92 valence electrons. The second kappa shape index (κ2) is 4.44. The molecule has 1 amide bonds. The number of rotatable bonds is 3. The summed E-state index contributed by atoms with van der Waals surface area (Å²) in [6, 6.07) is 0. The monoisotopic (exact) mass is 227 g/mol. The van der Waals surface area contributed by atoms with Gasteiger partial charge in [0.15, 0.2) is 0 Å². The summed E-state index contributed by atoms with van der Waals surface area (Å²) >= 11 is 0. The fourth-order valence-corrected chi connectivity index (χ4v) is 1.90. The lowest BCUT2D eigenvalue weighted by Gasteiger charge is -2.23. The predicted molar refractivity (Wildman–Crippen MR) is 60.9 cm³/mol. The van der Waals surface area contributed by atoms with Gasteiger partial charge in [0.05, 0.1) is 5.41 Å². The van der Waals surface area contributed by atoms with Crippen molar-refractivity contribution < 1.29 is 14.7 Å². The van der Waals surface area contributed by atoms with Gasteiger partial charge in [-0.1, -0.05) is 13.8 Å². The Bertz CT molecular complexity index is 289. The fraction of sp³-hybridized carbons (Fsp3) is 0.833. The van der Waals surface area contributed by atoms with Gasteiger partial charge in [-0.2, -0.15) is 0 Å². The number of aliphatic carboxylic acids is 1. The Kier molecular flexibility index (Phi) is 3.61. The van der Waals surface area contributed by atoms with Crippen LogP contribution in [-0.4, -0.2) is 35.0 Å². The summed E-state index contributed by atoms with van der Waals surface area (Å²) in [6.45, 7) is 8.96. The van der Waals surface area contributed by atoms with Crippen molar-refractivity contribution in [1.29, 1.82) is 0 Å². The van der Waals surface area contributed by atoms with Crippen molar-refractivity contribution in [2.75, 3.05) is 13.1 Å². The van der Waals surface area contributed by atoms with Crippen LogP contribution in [0.25, 0.3) is 0 Å². The van der Waals surface area contributed by atoms with Crippen LogP contribution in [0.5, 0.6) is 0 Å². The lowest BCUT2D eigenvalue weighted by atomic mass is 9.89. The van der Waals surface area contributed by atoms with Crippen molar-refractivity contribution in [3.63, 3.8) is 0 Å². The molecule has 0 spiro atoms. The summed E-state index contributed by atoms with van der Waals surface area (Å²) in [5, 5.41) is 8.97. The van der Waals surface area contributed by atoms with E-state index in [2.05, 4.69) is 13.8 Å². The Morgan fingerprint density at radius 2 is 1.69 bits per heavy atom. The summed E-state index contributed by atoms with van der Waals surface area (Å²) < 4.78 is 0. The van der Waals surface area contributed by atoms with Crippen LogP contribution in [0, 0.1) is 17.3 Å². The Morgan fingerprint density at radius 1 is 1.25 bits per heavy atom. The number of amides is 1. The second-order valence-corrected chi connectivity index (χ2v) is 5.62. The average molecular weight is 227 g/mol. The molecule has 1 heterocycles. The molecule has 0 radical (unpaired) electrons. The zero-order valence-electron chi connectivity index (χ0n) is 10.5. The predicted octanol–water partition coefficient (Wildman–Crippen LogP) is 1.60. The Balaban J connectivity index is 2.57. The van der Waals surface area contributed by atoms with E-state index in [0.717, 1.165) is 13.1 Å². The second-order valence-electron chi connectivity index (χ2n) is 5.62. The van der Waals surface area contributed by atoms with E-state index in [1.54, 1.807) is 18.7 Å². The van der Waals surface area contributed by atoms with Gasteiger partial charge in [0, 0.05) is 19.5 Å². The van der Waals surface area contributed by atoms with Gasteiger partial charge >= 0.3 is 5.97 Å². The minimum absolute atomic E-state index is 0.0383. The molecule has 1 saturated heterocycles. The molecule has 0 saturated carbocycles. The molecular weight excluding hydrogens is 206 g/mol. The third kappa shape index (κ3) is 2.74. The molecular formula is C12H21NO3. The molecule has 0 aromatic heterocycles. The van der Waals surface area contributed by atoms with Crippen LogP contribution in [0.2, 0.25) is 0 Å². The van der Waals surface area contributed by atoms with Gasteiger partial charge < -0.3 is 10.0 Å². The molecule has 2 unspecified atom stereocenters. The highest BCUT2D eigenvalue weighted by Gasteiger charge is 2.35. The summed E-state index contributed by atoms with van der Waals surface area (Å²) in [5.74, 6) is 0.0681. The molecule has 0 bridgehead atoms. The maximum Gasteiger partial charge on any atom is 0.309 e. The highest BCUT2D eigenvalue weighted by Crippen LogP contribution is 2.26. The smallest absolute Gasteiger partial charge is 0.309 e. The van der Waals surface area contributed by atoms with Crippen LogP contribution >= 0.6 is 0 Å². The molecule has 1 rings (SSSR count). The standard InChI is InChI=1S/C12H21NO3/c1-8-6-13(7-9(8)2)10(14)5-12(3,4)11(15)16/h8-9H,5-7H2,1-4H3,(H,15,16). The van der Waals surface area contributed by atoms with E-state index in [1.807, 2.05) is 0 Å². The zero-order valence-corrected chi connectivity index (χ0v) is 10.5. The fourth-order valence-electron chi connectivity index (χ4n) is 1.90. The quantitative estimate of drug-likeness (QED) is 0.796. The van der Waals surface area contributed by atoms with Gasteiger partial charge in [0.25, 0.3) is 0 Å². The topological polar surface area (TPSA) is 57.6 Å². The van der Waals surface area contributed by atoms with Gasteiger partial charge in [0.1, 0.15) is 0 Å². The summed E-state index contributed by atoms with van der Waals surface area (Å²) in [6.07, 6.45) is 0.0851. The van der Waals surface area contributed by atoms with Gasteiger partial charge in [-0.05, 0) is 25.7 Å². The lowest BCUT2D eigenvalue weighted by Crippen LogP contribution is -2.35. The first-order valence-corrected chi connectivity index (χ1v) is 5.75. The van der Waals surface area contributed by atoms with Crippen LogP contribution in [-0.2, 0) is 9.59 Å². The van der Waals surface area contributed by atoms with Crippen LogP contribution in [0.4, 0.5) is 0 Å². The largest absolute Gasteiger partial charge is 0.481 e. The van der Waals surface area contributed by atoms with Gasteiger partial charge in [0.2, 0.25) is 5.91 Å². The van der Waals surface area contributed by atoms with Crippen molar-refractivity contribution >= 4 is 11.9 Å². The molecule has 4 heteroatoms. The molecule has 1 N–H and O–H groups in total. The Labute approximate surface area is 96.6 Å². The van der Waals surface area contributed by atoms with E-state index in [9.17, 15) is 9.59 Å². The third-order valence-electron chi connectivity index (χ3n) is 3.51. The lowest BCUT2D eigenvalue weighted by molar-refractivity contribution is -0.151. The first-order valence-electron chi connectivity index (χ1n) is 5.75. The molecule has 0 aliphatic carbocycles. The third-order valence-corrected chi connectivity index (χ3v) is 3.51. The van der Waals surface area contributed by atoms with Crippen molar-refractivity contribution in [3.8, 4) is 0 Å². The number of likely N-dealkylation sites (tertiary alicyclic amines) is 1. The molecule has 1 aliphatic heterocycles. The molecule has 1 fully saturated rings. The Morgan fingerprint density at radius 3 is 2.06 bits per heavy atom. The number of carboxylic acid groups (broad SMARTS) is 1. The number of nitrogens with zero attached hydrogens (tertiary/aromatic N) is 1. The van der Waals surface area contributed by atoms with Gasteiger partial charge in [-0.25, -0.2) is 0 Å². The molecule has 16 heavy (non-hydrogen) atoms. The van der Waals surface area contributed by atoms with Crippen molar-refractivity contribution in [2.24, 2.45) is 17.3 Å². The molecule has 0 aromatic carbocycles. The maximum absolute atomic E-state index is 11.9. The number of carbonyl (C=O) groups is 2. The first-order chi connectivity index (χ1) is 7.24. The maximum atomic E-state index is 11.9. The molecule has 0 aromatic rings. The van der Waals surface area contributed by atoms with E-state index in [-0.39, 0.29) is 12.3 Å². The summed E-state index contributed by atoms with van der Waals surface area (Å²) in [4.78, 5) is 24.6. The number of carboxylic acids is 1. The SMILES string of the molecule is CC1CN(C(=O)CC(C)(C)C(=O)O)CC1C. The van der Waals surface area contributed by atoms with Crippen LogP contribution in [0.3, 0.4) is 0 Å². The van der Waals surface area contributed by atoms with E-state index in [1.165, 1.54) is 0 Å². The van der Waals surface area contributed by atoms with Crippen LogP contribution in [0.1, 0.15) is 34.1 Å². The normalized spacial score (nSPS) is 25.9.